The van der Waals surface area contributed by atoms with Gasteiger partial charge in [0.15, 0.2) is 6.61 Å². The lowest BCUT2D eigenvalue weighted by Gasteiger charge is -2.22. The fourth-order valence-corrected chi connectivity index (χ4v) is 4.42. The SMILES string of the molecule is Cc1ccc(C)c(NC(=O)COC(=O)c2ccc(N3C(=O)[C@H]4[C@H](C)C=CC[C@H]4C3=O)cc2)c1. The lowest BCUT2D eigenvalue weighted by Crippen LogP contribution is -2.31. The number of benzene rings is 2. The quantitative estimate of drug-likeness (QED) is 0.428. The molecule has 3 atom stereocenters. The zero-order valence-electron chi connectivity index (χ0n) is 18.8. The molecule has 2 aromatic carbocycles. The second-order valence-corrected chi connectivity index (χ2v) is 8.66. The first-order chi connectivity index (χ1) is 15.8. The molecule has 0 unspecified atom stereocenters. The van der Waals surface area contributed by atoms with Crippen molar-refractivity contribution < 1.29 is 23.9 Å². The van der Waals surface area contributed by atoms with E-state index in [4.69, 9.17) is 4.74 Å². The number of esters is 1. The number of nitrogens with zero attached hydrogens (tertiary/aromatic N) is 1. The predicted octanol–water partition coefficient (Wildman–Crippen LogP) is 3.80. The Morgan fingerprint density at radius 3 is 2.48 bits per heavy atom. The third-order valence-corrected chi connectivity index (χ3v) is 6.24. The summed E-state index contributed by atoms with van der Waals surface area (Å²) in [4.78, 5) is 51.5. The molecule has 33 heavy (non-hydrogen) atoms. The van der Waals surface area contributed by atoms with Gasteiger partial charge in [-0.1, -0.05) is 31.2 Å². The van der Waals surface area contributed by atoms with Gasteiger partial charge in [0.05, 0.1) is 23.1 Å². The molecule has 7 nitrogen and oxygen atoms in total. The maximum Gasteiger partial charge on any atom is 0.338 e. The Kier molecular flexibility index (Phi) is 6.14. The van der Waals surface area contributed by atoms with Crippen LogP contribution in [0.15, 0.2) is 54.6 Å². The number of allylic oxidation sites excluding steroid dienone is 2. The molecule has 4 rings (SSSR count). The van der Waals surface area contributed by atoms with Crippen molar-refractivity contribution in [2.45, 2.75) is 27.2 Å². The van der Waals surface area contributed by atoms with E-state index in [-0.39, 0.29) is 35.1 Å². The van der Waals surface area contributed by atoms with Gasteiger partial charge < -0.3 is 10.1 Å². The third kappa shape index (κ3) is 4.44. The van der Waals surface area contributed by atoms with Crippen LogP contribution in [0, 0.1) is 31.6 Å². The first-order valence-electron chi connectivity index (χ1n) is 10.9. The van der Waals surface area contributed by atoms with E-state index in [2.05, 4.69) is 5.32 Å². The van der Waals surface area contributed by atoms with Crippen molar-refractivity contribution in [3.05, 3.63) is 71.3 Å². The minimum Gasteiger partial charge on any atom is -0.452 e. The molecule has 0 saturated carbocycles. The first kappa shape index (κ1) is 22.5. The van der Waals surface area contributed by atoms with Crippen LogP contribution in [0.4, 0.5) is 11.4 Å². The Balaban J connectivity index is 1.38. The number of hydrogen-bond donors (Lipinski definition) is 1. The van der Waals surface area contributed by atoms with Gasteiger partial charge in [-0.15, -0.1) is 0 Å². The zero-order valence-corrected chi connectivity index (χ0v) is 18.8. The predicted molar refractivity (Wildman–Crippen MR) is 124 cm³/mol. The summed E-state index contributed by atoms with van der Waals surface area (Å²) in [6.07, 6.45) is 4.49. The van der Waals surface area contributed by atoms with Crippen LogP contribution in [0.3, 0.4) is 0 Å². The summed E-state index contributed by atoms with van der Waals surface area (Å²) >= 11 is 0. The average Bonchev–Trinajstić information content (AvgIpc) is 3.05. The van der Waals surface area contributed by atoms with E-state index in [9.17, 15) is 19.2 Å². The molecule has 0 bridgehead atoms. The number of rotatable bonds is 5. The Bertz CT molecular complexity index is 1150. The van der Waals surface area contributed by atoms with Gasteiger partial charge in [0.1, 0.15) is 0 Å². The fraction of sp³-hybridized carbons (Fsp3) is 0.308. The first-order valence-corrected chi connectivity index (χ1v) is 10.9. The molecule has 2 aliphatic rings. The molecule has 2 aromatic rings. The molecule has 170 valence electrons. The number of hydrogen-bond acceptors (Lipinski definition) is 5. The lowest BCUT2D eigenvalue weighted by molar-refractivity contribution is -0.123. The summed E-state index contributed by atoms with van der Waals surface area (Å²) in [5.41, 5.74) is 3.24. The van der Waals surface area contributed by atoms with E-state index < -0.39 is 18.5 Å². The van der Waals surface area contributed by atoms with Crippen molar-refractivity contribution in [1.29, 1.82) is 0 Å². The van der Waals surface area contributed by atoms with E-state index in [1.54, 1.807) is 12.1 Å². The number of aryl methyl sites for hydroxylation is 2. The normalized spacial score (nSPS) is 21.7. The number of anilines is 2. The highest BCUT2D eigenvalue weighted by Crippen LogP contribution is 2.40. The lowest BCUT2D eigenvalue weighted by atomic mass is 9.78. The molecule has 3 amide bonds. The van der Waals surface area contributed by atoms with Crippen molar-refractivity contribution in [2.75, 3.05) is 16.8 Å². The average molecular weight is 447 g/mol. The van der Waals surface area contributed by atoms with E-state index >= 15 is 0 Å². The molecule has 0 aromatic heterocycles. The van der Waals surface area contributed by atoms with Crippen LogP contribution < -0.4 is 10.2 Å². The van der Waals surface area contributed by atoms with Crippen molar-refractivity contribution >= 4 is 35.1 Å². The van der Waals surface area contributed by atoms with Gasteiger partial charge in [-0.05, 0) is 67.6 Å². The van der Waals surface area contributed by atoms with Crippen LogP contribution in [0.1, 0.15) is 34.8 Å². The van der Waals surface area contributed by atoms with Crippen molar-refractivity contribution in [2.24, 2.45) is 17.8 Å². The van der Waals surface area contributed by atoms with Crippen molar-refractivity contribution in [3.63, 3.8) is 0 Å². The van der Waals surface area contributed by atoms with Crippen LogP contribution >= 0.6 is 0 Å². The van der Waals surface area contributed by atoms with Gasteiger partial charge in [-0.25, -0.2) is 4.79 Å². The van der Waals surface area contributed by atoms with Crippen LogP contribution in [-0.2, 0) is 19.1 Å². The highest BCUT2D eigenvalue weighted by molar-refractivity contribution is 6.22. The Morgan fingerprint density at radius 2 is 1.79 bits per heavy atom. The largest absolute Gasteiger partial charge is 0.452 e. The molecule has 1 N–H and O–H groups in total. The minimum atomic E-state index is -0.664. The standard InChI is InChI=1S/C26H26N2O5/c1-15-7-8-16(2)21(13-15)27-22(29)14-33-26(32)18-9-11-19(12-10-18)28-24(30)20-6-4-5-17(3)23(20)25(28)31/h4-5,7-13,17,20,23H,6,14H2,1-3H3,(H,27,29)/t17-,20-,23+/m1/s1. The Morgan fingerprint density at radius 1 is 1.06 bits per heavy atom. The Hall–Kier alpha value is -3.74. The number of imide groups is 1. The molecule has 1 saturated heterocycles. The molecular weight excluding hydrogens is 420 g/mol. The Labute approximate surface area is 192 Å². The summed E-state index contributed by atoms with van der Waals surface area (Å²) in [5, 5.41) is 2.74. The number of nitrogens with one attached hydrogen (secondary N) is 1. The topological polar surface area (TPSA) is 92.8 Å². The number of carbonyl (C=O) groups is 4. The van der Waals surface area contributed by atoms with Gasteiger partial charge in [-0.2, -0.15) is 0 Å². The number of carbonyl (C=O) groups excluding carboxylic acids is 4. The van der Waals surface area contributed by atoms with Gasteiger partial charge in [0.25, 0.3) is 5.91 Å². The minimum absolute atomic E-state index is 0.00851. The molecule has 1 fully saturated rings. The molecular formula is C26H26N2O5. The smallest absolute Gasteiger partial charge is 0.338 e. The van der Waals surface area contributed by atoms with Gasteiger partial charge in [0, 0.05) is 5.69 Å². The van der Waals surface area contributed by atoms with E-state index in [1.807, 2.05) is 51.1 Å². The van der Waals surface area contributed by atoms with Crippen LogP contribution in [0.2, 0.25) is 0 Å². The highest BCUT2D eigenvalue weighted by Gasteiger charge is 2.50. The monoisotopic (exact) mass is 446 g/mol. The number of ether oxygens (including phenoxy) is 1. The maximum absolute atomic E-state index is 12.9. The van der Waals surface area contributed by atoms with E-state index in [1.165, 1.54) is 17.0 Å². The van der Waals surface area contributed by atoms with Gasteiger partial charge in [0.2, 0.25) is 11.8 Å². The zero-order chi connectivity index (χ0) is 23.7. The van der Waals surface area contributed by atoms with Gasteiger partial charge in [-0.3, -0.25) is 19.3 Å². The van der Waals surface area contributed by atoms with E-state index in [0.717, 1.165) is 11.1 Å². The summed E-state index contributed by atoms with van der Waals surface area (Å²) in [6.45, 7) is 5.32. The number of amides is 3. The highest BCUT2D eigenvalue weighted by atomic mass is 16.5. The third-order valence-electron chi connectivity index (χ3n) is 6.24. The molecule has 1 heterocycles. The molecule has 7 heteroatoms. The molecule has 1 aliphatic heterocycles. The second kappa shape index (κ2) is 9.02. The summed E-state index contributed by atoms with van der Waals surface area (Å²) in [5.74, 6) is -2.19. The summed E-state index contributed by atoms with van der Waals surface area (Å²) in [6, 6.07) is 11.8. The summed E-state index contributed by atoms with van der Waals surface area (Å²) in [7, 11) is 0. The summed E-state index contributed by atoms with van der Waals surface area (Å²) < 4.78 is 5.12. The van der Waals surface area contributed by atoms with Crippen LogP contribution in [-0.4, -0.2) is 30.3 Å². The molecule has 0 spiro atoms. The van der Waals surface area contributed by atoms with Crippen LogP contribution in [0.25, 0.3) is 0 Å². The fourth-order valence-electron chi connectivity index (χ4n) is 4.42. The second-order valence-electron chi connectivity index (χ2n) is 8.66. The van der Waals surface area contributed by atoms with Crippen molar-refractivity contribution in [1.82, 2.24) is 0 Å². The maximum atomic E-state index is 12.9. The molecule has 0 radical (unpaired) electrons. The van der Waals surface area contributed by atoms with E-state index in [0.29, 0.717) is 17.8 Å². The number of fused-ring (bicyclic) bond motifs is 1. The molecule has 1 aliphatic carbocycles. The van der Waals surface area contributed by atoms with Crippen LogP contribution in [0.5, 0.6) is 0 Å². The van der Waals surface area contributed by atoms with Gasteiger partial charge >= 0.3 is 5.97 Å². The van der Waals surface area contributed by atoms with Crippen molar-refractivity contribution in [3.8, 4) is 0 Å².